The molecular formula is C24H30N2O6. The molecule has 2 aromatic carbocycles. The summed E-state index contributed by atoms with van der Waals surface area (Å²) < 4.78 is 21.1. The van der Waals surface area contributed by atoms with Crippen LogP contribution in [0.2, 0.25) is 0 Å². The van der Waals surface area contributed by atoms with Crippen molar-refractivity contribution < 1.29 is 28.5 Å². The number of methoxy groups -OCH3 is 3. The minimum Gasteiger partial charge on any atom is -0.494 e. The van der Waals surface area contributed by atoms with Crippen molar-refractivity contribution in [3.8, 4) is 11.5 Å². The van der Waals surface area contributed by atoms with Crippen LogP contribution < -0.4 is 14.8 Å². The normalized spacial score (nSPS) is 13.8. The minimum absolute atomic E-state index is 0.0887. The molecule has 2 aromatic rings. The van der Waals surface area contributed by atoms with Crippen LogP contribution in [0.3, 0.4) is 0 Å². The molecule has 1 heterocycles. The Kier molecular flexibility index (Phi) is 8.33. The number of likely N-dealkylation sites (tertiary alicyclic amines) is 1. The lowest BCUT2D eigenvalue weighted by Gasteiger charge is -2.26. The molecule has 32 heavy (non-hydrogen) atoms. The molecule has 0 unspecified atom stereocenters. The molecule has 0 radical (unpaired) electrons. The van der Waals surface area contributed by atoms with E-state index in [-0.39, 0.29) is 11.1 Å². The number of anilines is 2. The molecule has 0 saturated carbocycles. The molecule has 0 amide bonds. The van der Waals surface area contributed by atoms with Crippen molar-refractivity contribution in [1.82, 2.24) is 4.90 Å². The third kappa shape index (κ3) is 5.70. The van der Waals surface area contributed by atoms with Crippen molar-refractivity contribution in [2.45, 2.75) is 19.3 Å². The Balaban J connectivity index is 1.77. The molecule has 0 aromatic heterocycles. The van der Waals surface area contributed by atoms with Crippen molar-refractivity contribution in [2.24, 2.45) is 0 Å². The summed E-state index contributed by atoms with van der Waals surface area (Å²) in [5.74, 6) is -0.0377. The third-order valence-corrected chi connectivity index (χ3v) is 5.43. The van der Waals surface area contributed by atoms with Gasteiger partial charge in [-0.1, -0.05) is 12.5 Å². The maximum Gasteiger partial charge on any atom is 0.340 e. The molecule has 8 nitrogen and oxygen atoms in total. The fourth-order valence-electron chi connectivity index (χ4n) is 3.74. The van der Waals surface area contributed by atoms with Gasteiger partial charge in [-0.2, -0.15) is 0 Å². The highest BCUT2D eigenvalue weighted by molar-refractivity contribution is 6.07. The summed E-state index contributed by atoms with van der Waals surface area (Å²) >= 11 is 0. The highest BCUT2D eigenvalue weighted by Crippen LogP contribution is 2.33. The Hall–Kier alpha value is -3.26. The molecule has 0 spiro atoms. The fourth-order valence-corrected chi connectivity index (χ4v) is 3.74. The second kappa shape index (κ2) is 11.4. The Morgan fingerprint density at radius 1 is 0.938 bits per heavy atom. The molecule has 1 fully saturated rings. The molecule has 1 saturated heterocycles. The molecule has 172 valence electrons. The lowest BCUT2D eigenvalue weighted by atomic mass is 10.0. The topological polar surface area (TPSA) is 86.3 Å². The molecular weight excluding hydrogens is 412 g/mol. The van der Waals surface area contributed by atoms with E-state index in [1.165, 1.54) is 39.5 Å². The minimum atomic E-state index is -0.648. The zero-order chi connectivity index (χ0) is 22.9. The summed E-state index contributed by atoms with van der Waals surface area (Å²) in [7, 11) is 4.08. The Bertz CT molecular complexity index is 940. The predicted octanol–water partition coefficient (Wildman–Crippen LogP) is 3.88. The first-order valence-electron chi connectivity index (χ1n) is 10.7. The van der Waals surface area contributed by atoms with E-state index in [1.54, 1.807) is 31.4 Å². The van der Waals surface area contributed by atoms with Crippen molar-refractivity contribution in [3.63, 3.8) is 0 Å². The highest BCUT2D eigenvalue weighted by atomic mass is 16.5. The summed E-state index contributed by atoms with van der Waals surface area (Å²) in [6.45, 7) is 3.75. The van der Waals surface area contributed by atoms with Crippen molar-refractivity contribution in [3.05, 3.63) is 47.5 Å². The van der Waals surface area contributed by atoms with Gasteiger partial charge < -0.3 is 24.3 Å². The maximum absolute atomic E-state index is 12.4. The van der Waals surface area contributed by atoms with Gasteiger partial charge in [-0.05, 0) is 50.2 Å². The van der Waals surface area contributed by atoms with Gasteiger partial charge in [-0.3, -0.25) is 4.90 Å². The van der Waals surface area contributed by atoms with Gasteiger partial charge in [0.25, 0.3) is 0 Å². The number of hydrogen-bond donors (Lipinski definition) is 1. The van der Waals surface area contributed by atoms with Crippen molar-refractivity contribution in [1.29, 1.82) is 0 Å². The molecule has 0 bridgehead atoms. The number of esters is 2. The fraction of sp³-hybridized carbons (Fsp3) is 0.417. The Labute approximate surface area is 188 Å². The predicted molar refractivity (Wildman–Crippen MR) is 121 cm³/mol. The first-order chi connectivity index (χ1) is 15.6. The quantitative estimate of drug-likeness (QED) is 0.586. The van der Waals surface area contributed by atoms with Crippen molar-refractivity contribution in [2.75, 3.05) is 52.9 Å². The number of nitrogens with zero attached hydrogens (tertiary/aromatic N) is 1. The molecule has 8 heteroatoms. The standard InChI is InChI=1S/C24H30N2O6/c1-29-21-16-17(32-15-14-26-12-5-4-6-13-26)10-11-19(21)25-20-9-7-8-18(23(27)30-2)22(20)24(28)31-3/h7-11,16,25H,4-6,12-15H2,1-3H3. The Morgan fingerprint density at radius 2 is 1.69 bits per heavy atom. The van der Waals surface area contributed by atoms with Crippen LogP contribution in [-0.4, -0.2) is 64.4 Å². The third-order valence-electron chi connectivity index (χ3n) is 5.43. The zero-order valence-electron chi connectivity index (χ0n) is 18.8. The molecule has 1 N–H and O–H groups in total. The van der Waals surface area contributed by atoms with Crippen LogP contribution in [0.5, 0.6) is 11.5 Å². The zero-order valence-corrected chi connectivity index (χ0v) is 18.8. The largest absolute Gasteiger partial charge is 0.494 e. The number of benzene rings is 2. The first-order valence-corrected chi connectivity index (χ1v) is 10.7. The lowest BCUT2D eigenvalue weighted by Crippen LogP contribution is -2.33. The van der Waals surface area contributed by atoms with E-state index in [2.05, 4.69) is 10.2 Å². The number of carbonyl (C=O) groups excluding carboxylic acids is 2. The van der Waals surface area contributed by atoms with Gasteiger partial charge in [0, 0.05) is 12.6 Å². The second-order valence-corrected chi connectivity index (χ2v) is 7.45. The summed E-state index contributed by atoms with van der Waals surface area (Å²) in [4.78, 5) is 27.0. The van der Waals surface area contributed by atoms with Gasteiger partial charge in [0.15, 0.2) is 0 Å². The smallest absolute Gasteiger partial charge is 0.340 e. The SMILES string of the molecule is COC(=O)c1cccc(Nc2ccc(OCCN3CCCCC3)cc2OC)c1C(=O)OC. The summed E-state index contributed by atoms with van der Waals surface area (Å²) in [6.07, 6.45) is 3.81. The van der Waals surface area contributed by atoms with Crippen LogP contribution in [0.1, 0.15) is 40.0 Å². The van der Waals surface area contributed by atoms with Crippen LogP contribution in [-0.2, 0) is 9.47 Å². The van der Waals surface area contributed by atoms with Crippen molar-refractivity contribution >= 4 is 23.3 Å². The van der Waals surface area contributed by atoms with Crippen LogP contribution in [0.4, 0.5) is 11.4 Å². The number of nitrogens with one attached hydrogen (secondary N) is 1. The maximum atomic E-state index is 12.4. The summed E-state index contributed by atoms with van der Waals surface area (Å²) in [5.41, 5.74) is 1.21. The molecule has 1 aliphatic rings. The van der Waals surface area contributed by atoms with Gasteiger partial charge in [0.05, 0.1) is 43.8 Å². The van der Waals surface area contributed by atoms with E-state index in [0.717, 1.165) is 19.6 Å². The van der Waals surface area contributed by atoms with Crippen LogP contribution in [0.15, 0.2) is 36.4 Å². The number of piperidine rings is 1. The Morgan fingerprint density at radius 3 is 2.38 bits per heavy atom. The molecule has 0 atom stereocenters. The van der Waals surface area contributed by atoms with E-state index >= 15 is 0 Å². The first kappa shape index (κ1) is 23.4. The molecule has 0 aliphatic carbocycles. The van der Waals surface area contributed by atoms with Gasteiger partial charge in [0.1, 0.15) is 18.1 Å². The second-order valence-electron chi connectivity index (χ2n) is 7.45. The average Bonchev–Trinajstić information content (AvgIpc) is 2.84. The van der Waals surface area contributed by atoms with Crippen LogP contribution in [0.25, 0.3) is 0 Å². The molecule has 1 aliphatic heterocycles. The lowest BCUT2D eigenvalue weighted by molar-refractivity contribution is 0.0556. The number of rotatable bonds is 9. The van der Waals surface area contributed by atoms with E-state index in [9.17, 15) is 9.59 Å². The van der Waals surface area contributed by atoms with Gasteiger partial charge >= 0.3 is 11.9 Å². The van der Waals surface area contributed by atoms with E-state index in [4.69, 9.17) is 18.9 Å². The van der Waals surface area contributed by atoms with Crippen LogP contribution in [0, 0.1) is 0 Å². The number of carbonyl (C=O) groups is 2. The average molecular weight is 443 g/mol. The monoisotopic (exact) mass is 442 g/mol. The van der Waals surface area contributed by atoms with E-state index < -0.39 is 11.9 Å². The molecule has 3 rings (SSSR count). The number of hydrogen-bond acceptors (Lipinski definition) is 8. The van der Waals surface area contributed by atoms with Crippen LogP contribution >= 0.6 is 0 Å². The van der Waals surface area contributed by atoms with Gasteiger partial charge in [-0.15, -0.1) is 0 Å². The highest BCUT2D eigenvalue weighted by Gasteiger charge is 2.23. The van der Waals surface area contributed by atoms with E-state index in [0.29, 0.717) is 29.5 Å². The van der Waals surface area contributed by atoms with Gasteiger partial charge in [0.2, 0.25) is 0 Å². The number of ether oxygens (including phenoxy) is 4. The van der Waals surface area contributed by atoms with Gasteiger partial charge in [-0.25, -0.2) is 9.59 Å². The summed E-state index contributed by atoms with van der Waals surface area (Å²) in [5, 5.41) is 3.16. The van der Waals surface area contributed by atoms with E-state index in [1.807, 2.05) is 6.07 Å². The summed E-state index contributed by atoms with van der Waals surface area (Å²) in [6, 6.07) is 10.3.